The maximum absolute atomic E-state index is 8.64. The van der Waals surface area contributed by atoms with E-state index in [4.69, 9.17) is 34.5 Å². The van der Waals surface area contributed by atoms with E-state index in [1.807, 2.05) is 13.0 Å². The largest absolute Gasteiger partial charge is 0.496 e. The first-order chi connectivity index (χ1) is 20.0. The summed E-state index contributed by atoms with van der Waals surface area (Å²) in [5, 5.41) is 12.1. The van der Waals surface area contributed by atoms with E-state index in [1.165, 1.54) is 18.4 Å². The Bertz CT molecular complexity index is 981. The zero-order valence-corrected chi connectivity index (χ0v) is 25.5. The van der Waals surface area contributed by atoms with Gasteiger partial charge < -0.3 is 39.8 Å². The SMILES string of the molecule is CCCCCNc1nc(N)nc(C)c1Cc1cc(CN(C)CCOCCOCCOCCOCCO)ccc1OC. The van der Waals surface area contributed by atoms with Crippen molar-refractivity contribution in [2.45, 2.75) is 46.1 Å². The molecular weight excluding hydrogens is 526 g/mol. The number of nitrogen functional groups attached to an aromatic ring is 1. The second kappa shape index (κ2) is 21.2. The molecule has 0 spiro atoms. The standard InChI is InChI=1S/C30H51N5O6/c1-5-6-7-10-32-29-27(24(2)33-30(31)34-29)22-26-21-25(8-9-28(26)37-4)23-35(3)11-13-38-15-17-40-19-20-41-18-16-39-14-12-36/h8-9,21,36H,5-7,10-20,22-23H2,1-4H3,(H3,31,32,33,34). The second-order valence-electron chi connectivity index (χ2n) is 9.86. The molecule has 1 aromatic heterocycles. The molecule has 0 aliphatic rings. The third-order valence-electron chi connectivity index (χ3n) is 6.44. The molecule has 0 aliphatic carbocycles. The van der Waals surface area contributed by atoms with Gasteiger partial charge in [-0.05, 0) is 37.6 Å². The fourth-order valence-corrected chi connectivity index (χ4v) is 4.25. The van der Waals surface area contributed by atoms with Gasteiger partial charge >= 0.3 is 0 Å². The van der Waals surface area contributed by atoms with Gasteiger partial charge in [0.1, 0.15) is 11.6 Å². The summed E-state index contributed by atoms with van der Waals surface area (Å²) >= 11 is 0. The fourth-order valence-electron chi connectivity index (χ4n) is 4.25. The number of nitrogens with two attached hydrogens (primary N) is 1. The van der Waals surface area contributed by atoms with Crippen LogP contribution in [-0.2, 0) is 31.9 Å². The maximum atomic E-state index is 8.64. The molecule has 0 unspecified atom stereocenters. The lowest BCUT2D eigenvalue weighted by molar-refractivity contribution is -0.00687. The highest BCUT2D eigenvalue weighted by Gasteiger charge is 2.15. The Hall–Kier alpha value is -2.54. The highest BCUT2D eigenvalue weighted by molar-refractivity contribution is 5.53. The van der Waals surface area contributed by atoms with Crippen LogP contribution in [0.25, 0.3) is 0 Å². The van der Waals surface area contributed by atoms with Crippen molar-refractivity contribution in [2.24, 2.45) is 0 Å². The molecule has 1 aromatic carbocycles. The fraction of sp³-hybridized carbons (Fsp3) is 0.667. The molecule has 4 N–H and O–H groups in total. The van der Waals surface area contributed by atoms with Crippen LogP contribution in [0.2, 0.25) is 0 Å². The number of aliphatic hydroxyl groups excluding tert-OH is 1. The summed E-state index contributed by atoms with van der Waals surface area (Å²) in [4.78, 5) is 11.2. The lowest BCUT2D eigenvalue weighted by Crippen LogP contribution is -2.23. The van der Waals surface area contributed by atoms with Crippen molar-refractivity contribution in [1.82, 2.24) is 14.9 Å². The zero-order valence-electron chi connectivity index (χ0n) is 25.5. The summed E-state index contributed by atoms with van der Waals surface area (Å²) < 4.78 is 27.5. The Morgan fingerprint density at radius 2 is 1.59 bits per heavy atom. The lowest BCUT2D eigenvalue weighted by Gasteiger charge is -2.19. The lowest BCUT2D eigenvalue weighted by atomic mass is 10.0. The zero-order chi connectivity index (χ0) is 29.7. The summed E-state index contributed by atoms with van der Waals surface area (Å²) in [5.74, 6) is 1.92. The molecule has 2 rings (SSSR count). The van der Waals surface area contributed by atoms with Crippen LogP contribution in [0.4, 0.5) is 11.8 Å². The Morgan fingerprint density at radius 1 is 0.927 bits per heavy atom. The van der Waals surface area contributed by atoms with Crippen molar-refractivity contribution in [3.8, 4) is 5.75 Å². The third-order valence-corrected chi connectivity index (χ3v) is 6.44. The van der Waals surface area contributed by atoms with Gasteiger partial charge in [-0.2, -0.15) is 4.98 Å². The van der Waals surface area contributed by atoms with E-state index in [2.05, 4.69) is 46.3 Å². The molecule has 11 heteroatoms. The van der Waals surface area contributed by atoms with Gasteiger partial charge in [-0.1, -0.05) is 31.9 Å². The van der Waals surface area contributed by atoms with Crippen LogP contribution in [0.5, 0.6) is 5.75 Å². The average Bonchev–Trinajstić information content (AvgIpc) is 2.95. The predicted octanol–water partition coefficient (Wildman–Crippen LogP) is 3.06. The number of ether oxygens (including phenoxy) is 5. The Kier molecular flexibility index (Phi) is 17.9. The van der Waals surface area contributed by atoms with Crippen LogP contribution in [0.1, 0.15) is 48.6 Å². The van der Waals surface area contributed by atoms with Crippen LogP contribution >= 0.6 is 0 Å². The van der Waals surface area contributed by atoms with Crippen LogP contribution in [-0.4, -0.2) is 107 Å². The number of aromatic nitrogens is 2. The Balaban J connectivity index is 1.79. The maximum Gasteiger partial charge on any atom is 0.222 e. The third kappa shape index (κ3) is 14.3. The van der Waals surface area contributed by atoms with Gasteiger partial charge in [0.05, 0.1) is 66.6 Å². The van der Waals surface area contributed by atoms with Gasteiger partial charge in [-0.15, -0.1) is 0 Å². The summed E-state index contributed by atoms with van der Waals surface area (Å²) in [7, 11) is 3.78. The number of aliphatic hydroxyl groups is 1. The first-order valence-electron chi connectivity index (χ1n) is 14.6. The minimum atomic E-state index is 0.0285. The highest BCUT2D eigenvalue weighted by atomic mass is 16.6. The molecule has 0 aliphatic heterocycles. The summed E-state index contributed by atoms with van der Waals surface area (Å²) in [5.41, 5.74) is 10.2. The van der Waals surface area contributed by atoms with Crippen molar-refractivity contribution in [3.05, 3.63) is 40.6 Å². The van der Waals surface area contributed by atoms with Crippen LogP contribution in [0.3, 0.4) is 0 Å². The van der Waals surface area contributed by atoms with E-state index >= 15 is 0 Å². The number of nitrogens with one attached hydrogen (secondary N) is 1. The van der Waals surface area contributed by atoms with Crippen LogP contribution in [0.15, 0.2) is 18.2 Å². The molecule has 0 fully saturated rings. The molecule has 0 atom stereocenters. The first kappa shape index (κ1) is 34.7. The number of aryl methyl sites for hydroxylation is 1. The molecule has 0 radical (unpaired) electrons. The van der Waals surface area contributed by atoms with Crippen molar-refractivity contribution in [3.63, 3.8) is 0 Å². The van der Waals surface area contributed by atoms with Crippen LogP contribution < -0.4 is 15.8 Å². The van der Waals surface area contributed by atoms with E-state index in [1.54, 1.807) is 7.11 Å². The topological polar surface area (TPSA) is 133 Å². The van der Waals surface area contributed by atoms with Crippen molar-refractivity contribution in [2.75, 3.05) is 97.8 Å². The van der Waals surface area contributed by atoms with Crippen molar-refractivity contribution < 1.29 is 28.8 Å². The van der Waals surface area contributed by atoms with Gasteiger partial charge in [0.2, 0.25) is 5.95 Å². The number of unbranched alkanes of at least 4 members (excludes halogenated alkanes) is 2. The highest BCUT2D eigenvalue weighted by Crippen LogP contribution is 2.28. The molecule has 0 saturated carbocycles. The minimum absolute atomic E-state index is 0.0285. The van der Waals surface area contributed by atoms with Crippen molar-refractivity contribution in [1.29, 1.82) is 0 Å². The molecule has 41 heavy (non-hydrogen) atoms. The second-order valence-corrected chi connectivity index (χ2v) is 9.86. The molecule has 11 nitrogen and oxygen atoms in total. The normalized spacial score (nSPS) is 11.4. The smallest absolute Gasteiger partial charge is 0.222 e. The first-order valence-corrected chi connectivity index (χ1v) is 14.6. The Morgan fingerprint density at radius 3 is 2.22 bits per heavy atom. The van der Waals surface area contributed by atoms with E-state index < -0.39 is 0 Å². The van der Waals surface area contributed by atoms with Gasteiger partial charge in [-0.3, -0.25) is 4.90 Å². The summed E-state index contributed by atoms with van der Waals surface area (Å²) in [6.45, 7) is 10.7. The number of methoxy groups -OCH3 is 1. The molecular formula is C30H51N5O6. The summed E-state index contributed by atoms with van der Waals surface area (Å²) in [6.07, 6.45) is 4.07. The molecule has 0 amide bonds. The molecule has 232 valence electrons. The van der Waals surface area contributed by atoms with Gasteiger partial charge in [0.15, 0.2) is 0 Å². The number of likely N-dealkylation sites (N-methyl/N-ethyl adjacent to an activating group) is 1. The van der Waals surface area contributed by atoms with Gasteiger partial charge in [0.25, 0.3) is 0 Å². The Labute approximate surface area is 245 Å². The molecule has 0 bridgehead atoms. The van der Waals surface area contributed by atoms with Gasteiger partial charge in [-0.25, -0.2) is 4.98 Å². The van der Waals surface area contributed by atoms with E-state index in [0.717, 1.165) is 54.4 Å². The van der Waals surface area contributed by atoms with Crippen molar-refractivity contribution >= 4 is 11.8 Å². The van der Waals surface area contributed by atoms with E-state index in [0.29, 0.717) is 59.3 Å². The van der Waals surface area contributed by atoms with Gasteiger partial charge in [0, 0.05) is 37.3 Å². The number of nitrogens with zero attached hydrogens (tertiary/aromatic N) is 3. The number of hydrogen-bond donors (Lipinski definition) is 3. The molecule has 1 heterocycles. The molecule has 2 aromatic rings. The van der Waals surface area contributed by atoms with Crippen LogP contribution in [0, 0.1) is 6.92 Å². The quantitative estimate of drug-likeness (QED) is 0.159. The average molecular weight is 578 g/mol. The summed E-state index contributed by atoms with van der Waals surface area (Å²) in [6, 6.07) is 6.33. The minimum Gasteiger partial charge on any atom is -0.496 e. The predicted molar refractivity (Wildman–Crippen MR) is 162 cm³/mol. The monoisotopic (exact) mass is 577 g/mol. The van der Waals surface area contributed by atoms with E-state index in [9.17, 15) is 0 Å². The molecule has 0 saturated heterocycles. The van der Waals surface area contributed by atoms with E-state index in [-0.39, 0.29) is 12.6 Å². The number of hydrogen-bond acceptors (Lipinski definition) is 11. The number of anilines is 2. The number of rotatable bonds is 24. The number of benzene rings is 1.